The molecule has 30 heavy (non-hydrogen) atoms. The first-order valence-electron chi connectivity index (χ1n) is 9.76. The molecule has 1 aliphatic rings. The summed E-state index contributed by atoms with van der Waals surface area (Å²) in [5.74, 6) is 0.970. The maximum Gasteiger partial charge on any atom is 0.200 e. The van der Waals surface area contributed by atoms with Crippen LogP contribution in [0.15, 0.2) is 42.6 Å². The minimum absolute atomic E-state index is 0.376. The zero-order valence-corrected chi connectivity index (χ0v) is 17.8. The van der Waals surface area contributed by atoms with Crippen LogP contribution in [0.25, 0.3) is 11.0 Å². The number of anilines is 1. The molecular weight excluding hydrogens is 384 g/mol. The number of fused-ring (bicyclic) bond motifs is 2. The Bertz CT molecular complexity index is 945. The number of pyridine rings is 3. The fraction of sp³-hybridized carbons (Fsp3) is 0.409. The fourth-order valence-electron chi connectivity index (χ4n) is 3.25. The first-order chi connectivity index (χ1) is 14.7. The van der Waals surface area contributed by atoms with E-state index in [-0.39, 0.29) is 6.29 Å². The van der Waals surface area contributed by atoms with E-state index in [1.165, 1.54) is 12.0 Å². The smallest absolute Gasteiger partial charge is 0.200 e. The van der Waals surface area contributed by atoms with Gasteiger partial charge in [0.05, 0.1) is 11.4 Å². The van der Waals surface area contributed by atoms with Crippen LogP contribution in [-0.2, 0) is 25.4 Å². The number of aromatic nitrogens is 3. The largest absolute Gasteiger partial charge is 0.370 e. The van der Waals surface area contributed by atoms with Crippen LogP contribution in [0.1, 0.15) is 36.0 Å². The van der Waals surface area contributed by atoms with Gasteiger partial charge in [0.25, 0.3) is 0 Å². The molecule has 0 aromatic carbocycles. The molecule has 0 bridgehead atoms. The van der Waals surface area contributed by atoms with Crippen molar-refractivity contribution in [3.05, 3.63) is 59.5 Å². The summed E-state index contributed by atoms with van der Waals surface area (Å²) in [5, 5.41) is 4.29. The number of aryl methyl sites for hydroxylation is 1. The van der Waals surface area contributed by atoms with Gasteiger partial charge in [0.2, 0.25) is 12.6 Å². The molecule has 8 heteroatoms. The second kappa shape index (κ2) is 10.9. The predicted molar refractivity (Wildman–Crippen MR) is 114 cm³/mol. The lowest BCUT2D eigenvalue weighted by molar-refractivity contribution is -0.108. The van der Waals surface area contributed by atoms with Gasteiger partial charge in [0.1, 0.15) is 5.82 Å². The highest BCUT2D eigenvalue weighted by molar-refractivity contribution is 5.74. The number of hydrogen-bond donors (Lipinski definition) is 1. The normalized spacial score (nSPS) is 13.0. The van der Waals surface area contributed by atoms with Gasteiger partial charge in [-0.05, 0) is 48.7 Å². The molecule has 8 nitrogen and oxygen atoms in total. The molecule has 1 aliphatic heterocycles. The monoisotopic (exact) mass is 412 g/mol. The second-order valence-corrected chi connectivity index (χ2v) is 6.67. The summed E-state index contributed by atoms with van der Waals surface area (Å²) < 4.78 is 20.6. The van der Waals surface area contributed by atoms with Crippen molar-refractivity contribution in [2.24, 2.45) is 0 Å². The van der Waals surface area contributed by atoms with Crippen LogP contribution < -0.4 is 5.32 Å². The highest BCUT2D eigenvalue weighted by Gasteiger charge is 2.15. The molecule has 0 fully saturated rings. The van der Waals surface area contributed by atoms with E-state index in [0.29, 0.717) is 5.65 Å². The van der Waals surface area contributed by atoms with Gasteiger partial charge in [-0.3, -0.25) is 0 Å². The Hall–Kier alpha value is -2.65. The van der Waals surface area contributed by atoms with E-state index in [1.807, 2.05) is 30.3 Å². The Morgan fingerprint density at radius 2 is 1.50 bits per heavy atom. The zero-order valence-electron chi connectivity index (χ0n) is 17.8. The lowest BCUT2D eigenvalue weighted by Crippen LogP contribution is -2.15. The van der Waals surface area contributed by atoms with Gasteiger partial charge < -0.3 is 24.3 Å². The van der Waals surface area contributed by atoms with Gasteiger partial charge in [0, 0.05) is 46.6 Å². The van der Waals surface area contributed by atoms with E-state index in [9.17, 15) is 0 Å². The van der Waals surface area contributed by atoms with Crippen LogP contribution in [0.3, 0.4) is 0 Å². The molecule has 3 aromatic rings. The molecular formula is C22H28N4O4. The third kappa shape index (κ3) is 5.28. The molecule has 0 saturated carbocycles. The van der Waals surface area contributed by atoms with E-state index in [1.54, 1.807) is 34.6 Å². The van der Waals surface area contributed by atoms with Gasteiger partial charge in [-0.15, -0.1) is 0 Å². The number of hydrogen-bond acceptors (Lipinski definition) is 8. The molecule has 0 aliphatic carbocycles. The van der Waals surface area contributed by atoms with E-state index < -0.39 is 6.29 Å². The van der Waals surface area contributed by atoms with Crippen molar-refractivity contribution in [3.63, 3.8) is 0 Å². The molecule has 4 heterocycles. The molecule has 160 valence electrons. The maximum absolute atomic E-state index is 5.16. The lowest BCUT2D eigenvalue weighted by atomic mass is 10.1. The lowest BCUT2D eigenvalue weighted by Gasteiger charge is -2.19. The van der Waals surface area contributed by atoms with Gasteiger partial charge in [-0.2, -0.15) is 0 Å². The summed E-state index contributed by atoms with van der Waals surface area (Å²) in [6.45, 7) is 0.994. The summed E-state index contributed by atoms with van der Waals surface area (Å²) in [5.41, 5.74) is 3.52. The quantitative estimate of drug-likeness (QED) is 0.614. The average Bonchev–Trinajstić information content (AvgIpc) is 2.81. The molecule has 0 radical (unpaired) electrons. The van der Waals surface area contributed by atoms with Crippen molar-refractivity contribution in [1.29, 1.82) is 0 Å². The Labute approximate surface area is 176 Å². The number of methoxy groups -OCH3 is 4. The summed E-state index contributed by atoms with van der Waals surface area (Å²) in [7, 11) is 6.39. The maximum atomic E-state index is 5.16. The zero-order chi connectivity index (χ0) is 21.3. The number of nitrogens with one attached hydrogen (secondary N) is 1. The first-order valence-corrected chi connectivity index (χ1v) is 9.76. The van der Waals surface area contributed by atoms with Crippen LogP contribution in [0, 0.1) is 0 Å². The van der Waals surface area contributed by atoms with Crippen LogP contribution in [0.4, 0.5) is 5.82 Å². The van der Waals surface area contributed by atoms with E-state index in [0.717, 1.165) is 35.6 Å². The van der Waals surface area contributed by atoms with Gasteiger partial charge in [-0.1, -0.05) is 6.07 Å². The highest BCUT2D eigenvalue weighted by Crippen LogP contribution is 2.23. The molecule has 0 atom stereocenters. The fourth-order valence-corrected chi connectivity index (χ4v) is 3.25. The molecule has 0 spiro atoms. The third-order valence-electron chi connectivity index (χ3n) is 4.74. The van der Waals surface area contributed by atoms with Crippen LogP contribution in [-0.4, -0.2) is 49.9 Å². The van der Waals surface area contributed by atoms with Gasteiger partial charge in [-0.25, -0.2) is 15.0 Å². The van der Waals surface area contributed by atoms with Crippen molar-refractivity contribution in [2.75, 3.05) is 40.3 Å². The topological polar surface area (TPSA) is 87.6 Å². The predicted octanol–water partition coefficient (Wildman–Crippen LogP) is 3.65. The van der Waals surface area contributed by atoms with Crippen molar-refractivity contribution in [1.82, 2.24) is 15.0 Å². The molecule has 3 aromatic heterocycles. The number of nitrogens with zero attached hydrogens (tertiary/aromatic N) is 3. The SMILES string of the molecule is COC(OC)c1ccc2c(n1)NCCC2.COC(OC)c1ccc2cccnc2n1. The standard InChI is InChI=1S/C11H16N2O2.C11H12N2O2/c2*1-14-11(15-2)9-6-5-8-4-3-7-12-10(8)13-9/h5-6,11H,3-4,7H2,1-2H3,(H,12,13);3-7,11H,1-2H3. The number of rotatable bonds is 6. The van der Waals surface area contributed by atoms with Crippen LogP contribution in [0.2, 0.25) is 0 Å². The average molecular weight is 412 g/mol. The summed E-state index contributed by atoms with van der Waals surface area (Å²) in [6.07, 6.45) is 3.18. The summed E-state index contributed by atoms with van der Waals surface area (Å²) >= 11 is 0. The molecule has 0 unspecified atom stereocenters. The van der Waals surface area contributed by atoms with Crippen molar-refractivity contribution in [3.8, 4) is 0 Å². The van der Waals surface area contributed by atoms with Crippen LogP contribution in [0.5, 0.6) is 0 Å². The first kappa shape index (κ1) is 22.0. The molecule has 1 N–H and O–H groups in total. The van der Waals surface area contributed by atoms with Crippen molar-refractivity contribution < 1.29 is 18.9 Å². The van der Waals surface area contributed by atoms with Crippen molar-refractivity contribution in [2.45, 2.75) is 25.4 Å². The Morgan fingerprint density at radius 3 is 2.20 bits per heavy atom. The summed E-state index contributed by atoms with van der Waals surface area (Å²) in [6, 6.07) is 11.7. The van der Waals surface area contributed by atoms with E-state index in [2.05, 4.69) is 26.3 Å². The van der Waals surface area contributed by atoms with Gasteiger partial charge in [0.15, 0.2) is 5.65 Å². The molecule has 0 saturated heterocycles. The molecule has 4 rings (SSSR count). The Balaban J connectivity index is 0.000000171. The Morgan fingerprint density at radius 1 is 0.833 bits per heavy atom. The van der Waals surface area contributed by atoms with Crippen molar-refractivity contribution >= 4 is 16.9 Å². The number of ether oxygens (including phenoxy) is 4. The Kier molecular flexibility index (Phi) is 8.04. The van der Waals surface area contributed by atoms with E-state index >= 15 is 0 Å². The minimum atomic E-state index is -0.434. The second-order valence-electron chi connectivity index (χ2n) is 6.67. The summed E-state index contributed by atoms with van der Waals surface area (Å²) in [4.78, 5) is 13.0. The third-order valence-corrected chi connectivity index (χ3v) is 4.74. The van der Waals surface area contributed by atoms with Crippen LogP contribution >= 0.6 is 0 Å². The van der Waals surface area contributed by atoms with Gasteiger partial charge >= 0.3 is 0 Å². The highest BCUT2D eigenvalue weighted by atomic mass is 16.7. The van der Waals surface area contributed by atoms with E-state index in [4.69, 9.17) is 18.9 Å². The molecule has 0 amide bonds. The minimum Gasteiger partial charge on any atom is -0.370 e.